The maximum atomic E-state index is 10.3. The second-order valence-electron chi connectivity index (χ2n) is 4.35. The molecule has 1 aliphatic rings. The van der Waals surface area contributed by atoms with Gasteiger partial charge in [-0.15, -0.1) is 0 Å². The Bertz CT molecular complexity index is 467. The molecule has 0 amide bonds. The summed E-state index contributed by atoms with van der Waals surface area (Å²) in [6.45, 7) is 1.64. The summed E-state index contributed by atoms with van der Waals surface area (Å²) in [7, 11) is 0. The molecule has 3 N–H and O–H groups in total. The van der Waals surface area contributed by atoms with Crippen LogP contribution in [0.4, 0.5) is 5.69 Å². The fourth-order valence-corrected chi connectivity index (χ4v) is 1.66. The first-order chi connectivity index (χ1) is 7.49. The summed E-state index contributed by atoms with van der Waals surface area (Å²) in [6.07, 6.45) is 2.27. The summed E-state index contributed by atoms with van der Waals surface area (Å²) in [4.78, 5) is 0. The predicted octanol–water partition coefficient (Wildman–Crippen LogP) is 2.54. The molecule has 16 heavy (non-hydrogen) atoms. The SMILES string of the molecule is CC(O)(C#CC1CC1)c1cc(Cl)ccc1N. The third kappa shape index (κ3) is 2.49. The Morgan fingerprint density at radius 2 is 2.19 bits per heavy atom. The summed E-state index contributed by atoms with van der Waals surface area (Å²) >= 11 is 5.88. The molecule has 0 bridgehead atoms. The van der Waals surface area contributed by atoms with E-state index in [-0.39, 0.29) is 0 Å². The molecule has 3 heteroatoms. The smallest absolute Gasteiger partial charge is 0.150 e. The van der Waals surface area contributed by atoms with Gasteiger partial charge in [0.05, 0.1) is 0 Å². The van der Waals surface area contributed by atoms with E-state index in [9.17, 15) is 5.11 Å². The minimum atomic E-state index is -1.22. The Morgan fingerprint density at radius 1 is 1.50 bits per heavy atom. The average molecular weight is 236 g/mol. The largest absolute Gasteiger partial charge is 0.398 e. The number of hydrogen-bond donors (Lipinski definition) is 2. The molecule has 1 aliphatic carbocycles. The normalized spacial score (nSPS) is 18.4. The van der Waals surface area contributed by atoms with E-state index in [0.717, 1.165) is 12.8 Å². The van der Waals surface area contributed by atoms with E-state index in [1.807, 2.05) is 0 Å². The molecule has 1 aromatic rings. The van der Waals surface area contributed by atoms with E-state index < -0.39 is 5.60 Å². The van der Waals surface area contributed by atoms with E-state index in [0.29, 0.717) is 22.2 Å². The van der Waals surface area contributed by atoms with Crippen molar-refractivity contribution >= 4 is 17.3 Å². The molecule has 0 saturated heterocycles. The summed E-state index contributed by atoms with van der Waals surface area (Å²) in [5.74, 6) is 6.37. The van der Waals surface area contributed by atoms with Gasteiger partial charge in [0.25, 0.3) is 0 Å². The maximum absolute atomic E-state index is 10.3. The van der Waals surface area contributed by atoms with Gasteiger partial charge in [0.15, 0.2) is 0 Å². The fraction of sp³-hybridized carbons (Fsp3) is 0.385. The van der Waals surface area contributed by atoms with Crippen LogP contribution in [-0.2, 0) is 5.60 Å². The summed E-state index contributed by atoms with van der Waals surface area (Å²) in [5.41, 5.74) is 5.68. The molecule has 0 radical (unpaired) electrons. The first-order valence-electron chi connectivity index (χ1n) is 5.29. The standard InChI is InChI=1S/C13H14ClNO/c1-13(16,7-6-9-2-3-9)11-8-10(14)4-5-12(11)15/h4-5,8-9,16H,2-3,15H2,1H3. The summed E-state index contributed by atoms with van der Waals surface area (Å²) < 4.78 is 0. The van der Waals surface area contributed by atoms with Crippen LogP contribution >= 0.6 is 11.6 Å². The van der Waals surface area contributed by atoms with Crippen LogP contribution in [0, 0.1) is 17.8 Å². The minimum Gasteiger partial charge on any atom is -0.398 e. The van der Waals surface area contributed by atoms with E-state index in [1.54, 1.807) is 25.1 Å². The molecule has 0 aliphatic heterocycles. The lowest BCUT2D eigenvalue weighted by atomic mass is 9.95. The molecule has 0 spiro atoms. The van der Waals surface area contributed by atoms with Gasteiger partial charge in [-0.2, -0.15) is 0 Å². The second kappa shape index (κ2) is 4.01. The van der Waals surface area contributed by atoms with Gasteiger partial charge in [0.1, 0.15) is 5.60 Å². The Kier molecular flexibility index (Phi) is 2.84. The van der Waals surface area contributed by atoms with Gasteiger partial charge in [0, 0.05) is 22.2 Å². The van der Waals surface area contributed by atoms with Crippen LogP contribution in [0.2, 0.25) is 5.02 Å². The van der Waals surface area contributed by atoms with E-state index >= 15 is 0 Å². The molecule has 1 unspecified atom stereocenters. The zero-order chi connectivity index (χ0) is 11.8. The van der Waals surface area contributed by atoms with Crippen LogP contribution in [0.15, 0.2) is 18.2 Å². The highest BCUT2D eigenvalue weighted by Gasteiger charge is 2.25. The maximum Gasteiger partial charge on any atom is 0.150 e. The number of benzene rings is 1. The number of hydrogen-bond acceptors (Lipinski definition) is 2. The van der Waals surface area contributed by atoms with Gasteiger partial charge in [0.2, 0.25) is 0 Å². The van der Waals surface area contributed by atoms with Gasteiger partial charge in [-0.3, -0.25) is 0 Å². The molecule has 2 nitrogen and oxygen atoms in total. The molecule has 1 saturated carbocycles. The molecule has 0 aromatic heterocycles. The lowest BCUT2D eigenvalue weighted by Crippen LogP contribution is -2.20. The van der Waals surface area contributed by atoms with Gasteiger partial charge >= 0.3 is 0 Å². The molecule has 0 heterocycles. The quantitative estimate of drug-likeness (QED) is 0.581. The van der Waals surface area contributed by atoms with Crippen molar-refractivity contribution in [3.8, 4) is 11.8 Å². The number of nitrogens with two attached hydrogens (primary N) is 1. The zero-order valence-corrected chi connectivity index (χ0v) is 9.88. The van der Waals surface area contributed by atoms with E-state index in [2.05, 4.69) is 11.8 Å². The van der Waals surface area contributed by atoms with Gasteiger partial charge in [-0.05, 0) is 38.0 Å². The van der Waals surface area contributed by atoms with Crippen molar-refractivity contribution in [2.75, 3.05) is 5.73 Å². The molecule has 1 fully saturated rings. The average Bonchev–Trinajstić information content (AvgIpc) is 3.02. The van der Waals surface area contributed by atoms with Crippen molar-refractivity contribution in [1.82, 2.24) is 0 Å². The molecule has 1 atom stereocenters. The first-order valence-corrected chi connectivity index (χ1v) is 5.67. The Morgan fingerprint density at radius 3 is 2.81 bits per heavy atom. The molecule has 1 aromatic carbocycles. The monoisotopic (exact) mass is 235 g/mol. The van der Waals surface area contributed by atoms with Crippen molar-refractivity contribution in [1.29, 1.82) is 0 Å². The number of rotatable bonds is 1. The fourth-order valence-electron chi connectivity index (χ4n) is 1.49. The number of halogens is 1. The van der Waals surface area contributed by atoms with Crippen molar-refractivity contribution in [3.05, 3.63) is 28.8 Å². The van der Waals surface area contributed by atoms with Crippen molar-refractivity contribution in [3.63, 3.8) is 0 Å². The predicted molar refractivity (Wildman–Crippen MR) is 65.9 cm³/mol. The van der Waals surface area contributed by atoms with Gasteiger partial charge < -0.3 is 10.8 Å². The Balaban J connectivity index is 2.34. The lowest BCUT2D eigenvalue weighted by molar-refractivity contribution is 0.123. The lowest BCUT2D eigenvalue weighted by Gasteiger charge is -2.19. The summed E-state index contributed by atoms with van der Waals surface area (Å²) in [6, 6.07) is 5.05. The third-order valence-electron chi connectivity index (χ3n) is 2.64. The number of nitrogen functional groups attached to an aromatic ring is 1. The highest BCUT2D eigenvalue weighted by Crippen LogP contribution is 2.31. The van der Waals surface area contributed by atoms with Crippen LogP contribution in [0.5, 0.6) is 0 Å². The Labute approximate surface area is 100 Å². The van der Waals surface area contributed by atoms with Crippen LogP contribution in [0.3, 0.4) is 0 Å². The van der Waals surface area contributed by atoms with Crippen LogP contribution < -0.4 is 5.73 Å². The van der Waals surface area contributed by atoms with Gasteiger partial charge in [-0.25, -0.2) is 0 Å². The van der Waals surface area contributed by atoms with Crippen LogP contribution in [0.1, 0.15) is 25.3 Å². The number of anilines is 1. The van der Waals surface area contributed by atoms with Crippen molar-refractivity contribution < 1.29 is 5.11 Å². The highest BCUT2D eigenvalue weighted by molar-refractivity contribution is 6.30. The first kappa shape index (κ1) is 11.3. The molecular formula is C13H14ClNO. The molecule has 2 rings (SSSR count). The third-order valence-corrected chi connectivity index (χ3v) is 2.87. The summed E-state index contributed by atoms with van der Waals surface area (Å²) in [5, 5.41) is 10.8. The number of aliphatic hydroxyl groups is 1. The van der Waals surface area contributed by atoms with Crippen molar-refractivity contribution in [2.45, 2.75) is 25.4 Å². The van der Waals surface area contributed by atoms with Crippen LogP contribution in [0.25, 0.3) is 0 Å². The van der Waals surface area contributed by atoms with Gasteiger partial charge in [-0.1, -0.05) is 23.4 Å². The zero-order valence-electron chi connectivity index (χ0n) is 9.13. The van der Waals surface area contributed by atoms with E-state index in [1.165, 1.54) is 0 Å². The second-order valence-corrected chi connectivity index (χ2v) is 4.78. The molecule has 84 valence electrons. The molecular weight excluding hydrogens is 222 g/mol. The minimum absolute atomic E-state index is 0.451. The Hall–Kier alpha value is -1.17. The van der Waals surface area contributed by atoms with Crippen molar-refractivity contribution in [2.24, 2.45) is 5.92 Å². The highest BCUT2D eigenvalue weighted by atomic mass is 35.5. The van der Waals surface area contributed by atoms with Crippen LogP contribution in [-0.4, -0.2) is 5.11 Å². The topological polar surface area (TPSA) is 46.2 Å². The van der Waals surface area contributed by atoms with E-state index in [4.69, 9.17) is 17.3 Å².